The van der Waals surface area contributed by atoms with Gasteiger partial charge >= 0.3 is 0 Å². The standard InChI is InChI=1S/C19H21BrClFN6S/c1-11-18(24-19(29)26(3)10-17-14(20)8-23-27(17)4)12(2)28(25-11)9-13-15(21)6-5-7-16(13)22/h5-8H,9-10H2,1-4H3,(H,24,29). The van der Waals surface area contributed by atoms with Gasteiger partial charge in [0.05, 0.1) is 46.5 Å². The van der Waals surface area contributed by atoms with Crippen molar-refractivity contribution in [3.8, 4) is 0 Å². The minimum atomic E-state index is -0.350. The molecule has 0 amide bonds. The van der Waals surface area contributed by atoms with Gasteiger partial charge in [0.2, 0.25) is 0 Å². The summed E-state index contributed by atoms with van der Waals surface area (Å²) in [5, 5.41) is 13.0. The summed E-state index contributed by atoms with van der Waals surface area (Å²) >= 11 is 15.2. The summed E-state index contributed by atoms with van der Waals surface area (Å²) in [4.78, 5) is 1.92. The maximum Gasteiger partial charge on any atom is 0.173 e. The SMILES string of the molecule is Cc1nn(Cc2c(F)cccc2Cl)c(C)c1NC(=S)N(C)Cc1c(Br)cnn1C. The van der Waals surface area contributed by atoms with E-state index in [4.69, 9.17) is 23.8 Å². The third kappa shape index (κ3) is 4.62. The summed E-state index contributed by atoms with van der Waals surface area (Å²) in [6, 6.07) is 4.66. The molecule has 2 heterocycles. The quantitative estimate of drug-likeness (QED) is 0.517. The molecule has 0 saturated heterocycles. The van der Waals surface area contributed by atoms with Crippen molar-refractivity contribution in [2.45, 2.75) is 26.9 Å². The number of benzene rings is 1. The number of halogens is 3. The Morgan fingerprint density at radius 1 is 1.38 bits per heavy atom. The second-order valence-corrected chi connectivity index (χ2v) is 8.40. The molecule has 2 aromatic heterocycles. The zero-order valence-electron chi connectivity index (χ0n) is 16.5. The van der Waals surface area contributed by atoms with E-state index in [0.717, 1.165) is 27.2 Å². The Kier molecular flexibility index (Phi) is 6.60. The smallest absolute Gasteiger partial charge is 0.173 e. The lowest BCUT2D eigenvalue weighted by Gasteiger charge is -2.21. The molecule has 0 unspecified atom stereocenters. The second-order valence-electron chi connectivity index (χ2n) is 6.75. The number of nitrogens with zero attached hydrogens (tertiary/aromatic N) is 5. The van der Waals surface area contributed by atoms with Crippen molar-refractivity contribution in [1.29, 1.82) is 0 Å². The van der Waals surface area contributed by atoms with Crippen molar-refractivity contribution in [3.05, 3.63) is 62.4 Å². The Morgan fingerprint density at radius 3 is 2.72 bits per heavy atom. The van der Waals surface area contributed by atoms with E-state index in [1.807, 2.05) is 32.8 Å². The number of aromatic nitrogens is 4. The van der Waals surface area contributed by atoms with Crippen LogP contribution in [0.4, 0.5) is 10.1 Å². The van der Waals surface area contributed by atoms with Gasteiger partial charge in [-0.25, -0.2) is 4.39 Å². The van der Waals surface area contributed by atoms with Crippen LogP contribution in [0, 0.1) is 19.7 Å². The third-order valence-electron chi connectivity index (χ3n) is 4.73. The topological polar surface area (TPSA) is 50.9 Å². The molecule has 3 rings (SSSR count). The summed E-state index contributed by atoms with van der Waals surface area (Å²) in [7, 11) is 3.79. The van der Waals surface area contributed by atoms with Crippen molar-refractivity contribution in [2.24, 2.45) is 7.05 Å². The number of thiocarbonyl (C=S) groups is 1. The van der Waals surface area contributed by atoms with E-state index in [1.165, 1.54) is 6.07 Å². The summed E-state index contributed by atoms with van der Waals surface area (Å²) in [6.07, 6.45) is 1.76. The van der Waals surface area contributed by atoms with Gasteiger partial charge in [0.25, 0.3) is 0 Å². The van der Waals surface area contributed by atoms with Crippen LogP contribution in [-0.2, 0) is 20.1 Å². The molecule has 0 atom stereocenters. The van der Waals surface area contributed by atoms with Crippen molar-refractivity contribution in [3.63, 3.8) is 0 Å². The number of anilines is 1. The van der Waals surface area contributed by atoms with E-state index >= 15 is 0 Å². The van der Waals surface area contributed by atoms with Gasteiger partial charge < -0.3 is 10.2 Å². The van der Waals surface area contributed by atoms with Gasteiger partial charge in [0, 0.05) is 24.7 Å². The van der Waals surface area contributed by atoms with Crippen LogP contribution < -0.4 is 5.32 Å². The lowest BCUT2D eigenvalue weighted by Crippen LogP contribution is -2.31. The normalized spacial score (nSPS) is 11.0. The Labute approximate surface area is 187 Å². The van der Waals surface area contributed by atoms with Gasteiger partial charge in [-0.1, -0.05) is 17.7 Å². The molecule has 0 fully saturated rings. The van der Waals surface area contributed by atoms with Crippen molar-refractivity contribution < 1.29 is 4.39 Å². The first kappa shape index (κ1) is 21.7. The van der Waals surface area contributed by atoms with E-state index in [-0.39, 0.29) is 12.4 Å². The highest BCUT2D eigenvalue weighted by atomic mass is 79.9. The molecule has 0 aliphatic rings. The first-order chi connectivity index (χ1) is 13.7. The van der Waals surface area contributed by atoms with Crippen LogP contribution in [0.25, 0.3) is 0 Å². The molecular formula is C19H21BrClFN6S. The molecule has 0 bridgehead atoms. The monoisotopic (exact) mass is 498 g/mol. The van der Waals surface area contributed by atoms with E-state index in [1.54, 1.807) is 27.7 Å². The lowest BCUT2D eigenvalue weighted by atomic mass is 10.2. The molecule has 10 heteroatoms. The van der Waals surface area contributed by atoms with Crippen LogP contribution in [0.15, 0.2) is 28.9 Å². The van der Waals surface area contributed by atoms with Gasteiger partial charge in [-0.15, -0.1) is 0 Å². The number of nitrogens with one attached hydrogen (secondary N) is 1. The fourth-order valence-electron chi connectivity index (χ4n) is 2.98. The van der Waals surface area contributed by atoms with Crippen molar-refractivity contribution in [2.75, 3.05) is 12.4 Å². The number of rotatable bonds is 5. The molecule has 0 aliphatic carbocycles. The Bertz CT molecular complexity index is 1020. The zero-order chi connectivity index (χ0) is 21.3. The fraction of sp³-hybridized carbons (Fsp3) is 0.316. The van der Waals surface area contributed by atoms with Crippen LogP contribution in [0.3, 0.4) is 0 Å². The minimum absolute atomic E-state index is 0.241. The van der Waals surface area contributed by atoms with Crippen molar-refractivity contribution in [1.82, 2.24) is 24.5 Å². The molecule has 0 radical (unpaired) electrons. The Morgan fingerprint density at radius 2 is 2.10 bits per heavy atom. The van der Waals surface area contributed by atoms with Gasteiger partial charge in [0.15, 0.2) is 5.11 Å². The second kappa shape index (κ2) is 8.81. The van der Waals surface area contributed by atoms with E-state index in [0.29, 0.717) is 22.2 Å². The maximum absolute atomic E-state index is 14.2. The number of hydrogen-bond donors (Lipinski definition) is 1. The lowest BCUT2D eigenvalue weighted by molar-refractivity contribution is 0.481. The molecule has 1 N–H and O–H groups in total. The molecule has 6 nitrogen and oxygen atoms in total. The number of hydrogen-bond acceptors (Lipinski definition) is 3. The van der Waals surface area contributed by atoms with Gasteiger partial charge in [-0.2, -0.15) is 10.2 Å². The Balaban J connectivity index is 1.77. The average molecular weight is 500 g/mol. The minimum Gasteiger partial charge on any atom is -0.346 e. The van der Waals surface area contributed by atoms with Crippen LogP contribution >= 0.6 is 39.7 Å². The third-order valence-corrected chi connectivity index (χ3v) is 6.16. The van der Waals surface area contributed by atoms with Crippen LogP contribution in [0.1, 0.15) is 22.6 Å². The van der Waals surface area contributed by atoms with Crippen molar-refractivity contribution >= 4 is 50.5 Å². The zero-order valence-corrected chi connectivity index (χ0v) is 19.7. The van der Waals surface area contributed by atoms with E-state index < -0.39 is 0 Å². The summed E-state index contributed by atoms with van der Waals surface area (Å²) in [5.74, 6) is -0.350. The molecule has 29 heavy (non-hydrogen) atoms. The van der Waals surface area contributed by atoms with Crippen LogP contribution in [0.2, 0.25) is 5.02 Å². The highest BCUT2D eigenvalue weighted by Crippen LogP contribution is 2.25. The summed E-state index contributed by atoms with van der Waals surface area (Å²) in [5.41, 5.74) is 3.84. The number of aryl methyl sites for hydroxylation is 2. The molecule has 0 saturated carbocycles. The summed E-state index contributed by atoms with van der Waals surface area (Å²) in [6.45, 7) is 4.62. The molecule has 0 spiro atoms. The van der Waals surface area contributed by atoms with Gasteiger partial charge in [-0.05, 0) is 54.1 Å². The van der Waals surface area contributed by atoms with E-state index in [9.17, 15) is 4.39 Å². The van der Waals surface area contributed by atoms with E-state index in [2.05, 4.69) is 31.4 Å². The first-order valence-corrected chi connectivity index (χ1v) is 10.4. The Hall–Kier alpha value is -1.97. The fourth-order valence-corrected chi connectivity index (χ4v) is 3.84. The maximum atomic E-state index is 14.2. The molecule has 0 aliphatic heterocycles. The molecule has 1 aromatic carbocycles. The van der Waals surface area contributed by atoms with Gasteiger partial charge in [0.1, 0.15) is 5.82 Å². The molecular weight excluding hydrogens is 479 g/mol. The highest BCUT2D eigenvalue weighted by molar-refractivity contribution is 9.10. The van der Waals surface area contributed by atoms with Crippen LogP contribution in [-0.4, -0.2) is 36.6 Å². The summed E-state index contributed by atoms with van der Waals surface area (Å²) < 4.78 is 18.6. The first-order valence-electron chi connectivity index (χ1n) is 8.84. The molecule has 3 aromatic rings. The van der Waals surface area contributed by atoms with Gasteiger partial charge in [-0.3, -0.25) is 9.36 Å². The molecule has 154 valence electrons. The predicted molar refractivity (Wildman–Crippen MR) is 121 cm³/mol. The highest BCUT2D eigenvalue weighted by Gasteiger charge is 2.18. The van der Waals surface area contributed by atoms with Crippen LogP contribution in [0.5, 0.6) is 0 Å². The predicted octanol–water partition coefficient (Wildman–Crippen LogP) is 4.67. The average Bonchev–Trinajstić information content (AvgIpc) is 3.12. The largest absolute Gasteiger partial charge is 0.346 e.